The largest absolute Gasteiger partial charge is 0.334 e. The molecule has 0 spiro atoms. The second kappa shape index (κ2) is 8.19. The first-order chi connectivity index (χ1) is 14.9. The predicted molar refractivity (Wildman–Crippen MR) is 124 cm³/mol. The molecule has 0 saturated carbocycles. The molecular formula is C26H25N3O2. The molecule has 2 heterocycles. The Hall–Kier alpha value is -3.73. The Balaban J connectivity index is 1.95. The Labute approximate surface area is 181 Å². The van der Waals surface area contributed by atoms with E-state index in [1.807, 2.05) is 74.5 Å². The molecule has 2 aromatic carbocycles. The van der Waals surface area contributed by atoms with E-state index < -0.39 is 0 Å². The first kappa shape index (κ1) is 20.5. The minimum Gasteiger partial charge on any atom is -0.334 e. The number of fused-ring (bicyclic) bond motifs is 1. The van der Waals surface area contributed by atoms with Gasteiger partial charge in [-0.05, 0) is 31.0 Å². The van der Waals surface area contributed by atoms with Crippen LogP contribution in [0, 0.1) is 6.92 Å². The van der Waals surface area contributed by atoms with Crippen molar-refractivity contribution in [3.8, 4) is 11.1 Å². The topological polar surface area (TPSA) is 55.2 Å². The third kappa shape index (κ3) is 3.63. The minimum atomic E-state index is -0.282. The molecule has 0 N–H and O–H groups in total. The molecule has 156 valence electrons. The number of pyridine rings is 2. The summed E-state index contributed by atoms with van der Waals surface area (Å²) in [6, 6.07) is 21.3. The van der Waals surface area contributed by atoms with E-state index >= 15 is 0 Å². The van der Waals surface area contributed by atoms with Crippen molar-refractivity contribution in [3.63, 3.8) is 0 Å². The summed E-state index contributed by atoms with van der Waals surface area (Å²) in [5.74, 6) is -0.211. The normalized spacial score (nSPS) is 12.0. The molecule has 0 saturated heterocycles. The molecular weight excluding hydrogens is 386 g/mol. The second-order valence-electron chi connectivity index (χ2n) is 7.86. The lowest BCUT2D eigenvalue weighted by molar-refractivity contribution is 0.0732. The van der Waals surface area contributed by atoms with Gasteiger partial charge in [-0.15, -0.1) is 0 Å². The van der Waals surface area contributed by atoms with Crippen LogP contribution in [0.3, 0.4) is 0 Å². The summed E-state index contributed by atoms with van der Waals surface area (Å²) in [6.07, 6.45) is 1.60. The average Bonchev–Trinajstić information content (AvgIpc) is 2.81. The SMILES string of the molecule is Cc1ccc(-c2c(C(=O)N(C)[C@H](C)c3ccccc3)n(C)c(=O)c3ncccc23)cc1. The van der Waals surface area contributed by atoms with Crippen LogP contribution in [0.1, 0.15) is 34.6 Å². The zero-order valence-electron chi connectivity index (χ0n) is 18.2. The van der Waals surface area contributed by atoms with E-state index in [0.717, 1.165) is 22.3 Å². The highest BCUT2D eigenvalue weighted by Gasteiger charge is 2.27. The molecule has 0 aliphatic rings. The molecule has 0 aliphatic heterocycles. The smallest absolute Gasteiger partial charge is 0.277 e. The van der Waals surface area contributed by atoms with Gasteiger partial charge in [-0.2, -0.15) is 0 Å². The maximum Gasteiger partial charge on any atom is 0.277 e. The Morgan fingerprint density at radius 1 is 1.00 bits per heavy atom. The molecule has 0 radical (unpaired) electrons. The number of amides is 1. The molecule has 1 amide bonds. The van der Waals surface area contributed by atoms with Crippen molar-refractivity contribution in [1.82, 2.24) is 14.5 Å². The third-order valence-electron chi connectivity index (χ3n) is 5.88. The lowest BCUT2D eigenvalue weighted by Crippen LogP contribution is -2.35. The number of hydrogen-bond donors (Lipinski definition) is 0. The number of carbonyl (C=O) groups is 1. The Kier molecular flexibility index (Phi) is 5.42. The van der Waals surface area contributed by atoms with Crippen LogP contribution in [0.5, 0.6) is 0 Å². The van der Waals surface area contributed by atoms with Crippen LogP contribution in [0.25, 0.3) is 22.0 Å². The van der Waals surface area contributed by atoms with E-state index in [4.69, 9.17) is 0 Å². The summed E-state index contributed by atoms with van der Waals surface area (Å²) in [5, 5.41) is 0.679. The van der Waals surface area contributed by atoms with Gasteiger partial charge >= 0.3 is 0 Å². The Morgan fingerprint density at radius 3 is 2.35 bits per heavy atom. The van der Waals surface area contributed by atoms with Crippen molar-refractivity contribution in [2.75, 3.05) is 7.05 Å². The quantitative estimate of drug-likeness (QED) is 0.487. The van der Waals surface area contributed by atoms with Crippen LogP contribution in [0.15, 0.2) is 77.7 Å². The molecule has 0 bridgehead atoms. The monoisotopic (exact) mass is 411 g/mol. The fourth-order valence-electron chi connectivity index (χ4n) is 3.89. The molecule has 4 aromatic rings. The van der Waals surface area contributed by atoms with Gasteiger partial charge in [0, 0.05) is 31.2 Å². The minimum absolute atomic E-state index is 0.153. The van der Waals surface area contributed by atoms with Crippen LogP contribution in [0.2, 0.25) is 0 Å². The van der Waals surface area contributed by atoms with Gasteiger partial charge in [0.25, 0.3) is 11.5 Å². The fourth-order valence-corrected chi connectivity index (χ4v) is 3.89. The molecule has 5 heteroatoms. The van der Waals surface area contributed by atoms with Crippen molar-refractivity contribution in [3.05, 3.63) is 100 Å². The van der Waals surface area contributed by atoms with E-state index in [-0.39, 0.29) is 17.5 Å². The zero-order valence-corrected chi connectivity index (χ0v) is 18.2. The van der Waals surface area contributed by atoms with Gasteiger partial charge in [0.1, 0.15) is 11.2 Å². The summed E-state index contributed by atoms with van der Waals surface area (Å²) in [6.45, 7) is 4.01. The van der Waals surface area contributed by atoms with Crippen molar-refractivity contribution in [1.29, 1.82) is 0 Å². The second-order valence-corrected chi connectivity index (χ2v) is 7.86. The zero-order chi connectivity index (χ0) is 22.1. The third-order valence-corrected chi connectivity index (χ3v) is 5.88. The number of nitrogens with zero attached hydrogens (tertiary/aromatic N) is 3. The maximum atomic E-state index is 13.8. The molecule has 5 nitrogen and oxygen atoms in total. The molecule has 0 unspecified atom stereocenters. The fraction of sp³-hybridized carbons (Fsp3) is 0.192. The number of aryl methyl sites for hydroxylation is 1. The predicted octanol–water partition coefficient (Wildman–Crippen LogP) is 4.74. The highest BCUT2D eigenvalue weighted by molar-refractivity contribution is 6.07. The lowest BCUT2D eigenvalue weighted by atomic mass is 9.96. The summed E-state index contributed by atoms with van der Waals surface area (Å²) < 4.78 is 1.43. The van der Waals surface area contributed by atoms with Gasteiger partial charge in [0.15, 0.2) is 0 Å². The van der Waals surface area contributed by atoms with E-state index in [0.29, 0.717) is 16.6 Å². The first-order valence-electron chi connectivity index (χ1n) is 10.3. The molecule has 0 aliphatic carbocycles. The first-order valence-corrected chi connectivity index (χ1v) is 10.3. The van der Waals surface area contributed by atoms with E-state index in [1.54, 1.807) is 31.3 Å². The number of hydrogen-bond acceptors (Lipinski definition) is 3. The maximum absolute atomic E-state index is 13.8. The van der Waals surface area contributed by atoms with E-state index in [1.165, 1.54) is 4.57 Å². The van der Waals surface area contributed by atoms with Crippen molar-refractivity contribution >= 4 is 16.8 Å². The highest BCUT2D eigenvalue weighted by atomic mass is 16.2. The number of carbonyl (C=O) groups excluding carboxylic acids is 1. The van der Waals surface area contributed by atoms with Crippen LogP contribution in [-0.4, -0.2) is 27.4 Å². The van der Waals surface area contributed by atoms with E-state index in [2.05, 4.69) is 4.98 Å². The van der Waals surface area contributed by atoms with Crippen LogP contribution in [-0.2, 0) is 7.05 Å². The summed E-state index contributed by atoms with van der Waals surface area (Å²) in [7, 11) is 3.42. The van der Waals surface area contributed by atoms with Crippen LogP contribution < -0.4 is 5.56 Å². The van der Waals surface area contributed by atoms with Crippen LogP contribution in [0.4, 0.5) is 0 Å². The van der Waals surface area contributed by atoms with Gasteiger partial charge in [0.2, 0.25) is 0 Å². The van der Waals surface area contributed by atoms with Crippen molar-refractivity contribution in [2.45, 2.75) is 19.9 Å². The standard InChI is InChI=1S/C26H25N3O2/c1-17-12-14-20(15-13-17)22-21-11-8-16-27-23(21)25(30)29(4)24(22)26(31)28(3)18(2)19-9-6-5-7-10-19/h5-16,18H,1-4H3/t18-/m1/s1. The molecule has 4 rings (SSSR count). The lowest BCUT2D eigenvalue weighted by Gasteiger charge is -2.27. The molecule has 2 aromatic heterocycles. The molecule has 1 atom stereocenters. The van der Waals surface area contributed by atoms with Gasteiger partial charge in [-0.1, -0.05) is 66.2 Å². The van der Waals surface area contributed by atoms with Gasteiger partial charge < -0.3 is 9.47 Å². The summed E-state index contributed by atoms with van der Waals surface area (Å²) in [5.41, 5.74) is 4.19. The van der Waals surface area contributed by atoms with Gasteiger partial charge in [-0.3, -0.25) is 14.6 Å². The number of aromatic nitrogens is 2. The molecule has 0 fully saturated rings. The average molecular weight is 412 g/mol. The van der Waals surface area contributed by atoms with Gasteiger partial charge in [-0.25, -0.2) is 0 Å². The number of benzene rings is 2. The highest BCUT2D eigenvalue weighted by Crippen LogP contribution is 2.32. The van der Waals surface area contributed by atoms with Crippen molar-refractivity contribution < 1.29 is 4.79 Å². The Bertz CT molecular complexity index is 1310. The Morgan fingerprint density at radius 2 is 1.68 bits per heavy atom. The van der Waals surface area contributed by atoms with Crippen LogP contribution >= 0.6 is 0 Å². The van der Waals surface area contributed by atoms with Crippen molar-refractivity contribution in [2.24, 2.45) is 7.05 Å². The molecule has 31 heavy (non-hydrogen) atoms. The van der Waals surface area contributed by atoms with Gasteiger partial charge in [0.05, 0.1) is 6.04 Å². The number of rotatable bonds is 4. The summed E-state index contributed by atoms with van der Waals surface area (Å²) >= 11 is 0. The van der Waals surface area contributed by atoms with E-state index in [9.17, 15) is 9.59 Å². The summed E-state index contributed by atoms with van der Waals surface area (Å²) in [4.78, 5) is 32.9.